The van der Waals surface area contributed by atoms with E-state index in [4.69, 9.17) is 19.5 Å². The summed E-state index contributed by atoms with van der Waals surface area (Å²) in [6.45, 7) is 1.91. The molecule has 18 heavy (non-hydrogen) atoms. The fourth-order valence-electron chi connectivity index (χ4n) is 1.74. The molecular formula is C13H18N2O3. The number of ether oxygens (including phenoxy) is 3. The van der Waals surface area contributed by atoms with Crippen LogP contribution in [0.1, 0.15) is 12.5 Å². The number of nitrogens with zero attached hydrogens (tertiary/aromatic N) is 1. The van der Waals surface area contributed by atoms with E-state index in [-0.39, 0.29) is 6.04 Å². The van der Waals surface area contributed by atoms with Gasteiger partial charge in [-0.05, 0) is 19.1 Å². The zero-order chi connectivity index (χ0) is 13.5. The molecule has 0 radical (unpaired) electrons. The van der Waals surface area contributed by atoms with Crippen molar-refractivity contribution in [1.29, 1.82) is 5.26 Å². The molecule has 0 aliphatic carbocycles. The number of para-hydroxylation sites is 1. The van der Waals surface area contributed by atoms with Crippen molar-refractivity contribution in [2.24, 2.45) is 0 Å². The maximum atomic E-state index is 9.10. The molecule has 0 bridgehead atoms. The molecule has 5 nitrogen and oxygen atoms in total. The van der Waals surface area contributed by atoms with Gasteiger partial charge in [0.1, 0.15) is 11.8 Å². The maximum Gasteiger partial charge on any atom is 0.176 e. The first-order valence-electron chi connectivity index (χ1n) is 5.57. The van der Waals surface area contributed by atoms with Crippen LogP contribution in [0.25, 0.3) is 0 Å². The van der Waals surface area contributed by atoms with E-state index in [0.29, 0.717) is 17.0 Å². The number of hydrogen-bond acceptors (Lipinski definition) is 5. The normalized spacial score (nSPS) is 12.0. The third-order valence-corrected chi connectivity index (χ3v) is 2.61. The minimum Gasteiger partial charge on any atom is -0.495 e. The summed E-state index contributed by atoms with van der Waals surface area (Å²) in [6.07, 6.45) is -0.401. The van der Waals surface area contributed by atoms with E-state index >= 15 is 0 Å². The highest BCUT2D eigenvalue weighted by molar-refractivity contribution is 5.66. The summed E-state index contributed by atoms with van der Waals surface area (Å²) in [7, 11) is 4.70. The van der Waals surface area contributed by atoms with Gasteiger partial charge in [-0.1, -0.05) is 6.07 Å². The first-order chi connectivity index (χ1) is 8.67. The first-order valence-corrected chi connectivity index (χ1v) is 5.57. The number of nitriles is 1. The van der Waals surface area contributed by atoms with Crippen LogP contribution in [0, 0.1) is 11.3 Å². The van der Waals surface area contributed by atoms with E-state index in [1.165, 1.54) is 0 Å². The van der Waals surface area contributed by atoms with Gasteiger partial charge < -0.3 is 19.5 Å². The Kier molecular flexibility index (Phi) is 5.43. The highest BCUT2D eigenvalue weighted by atomic mass is 16.7. The van der Waals surface area contributed by atoms with Gasteiger partial charge in [0.05, 0.1) is 24.4 Å². The Morgan fingerprint density at radius 2 is 1.89 bits per heavy atom. The SMILES string of the molecule is COc1cccc(C#N)c1NC(C)C(OC)OC. The fourth-order valence-corrected chi connectivity index (χ4v) is 1.74. The molecule has 0 saturated heterocycles. The standard InChI is InChI=1S/C13H18N2O3/c1-9(13(17-3)18-4)15-12-10(8-14)6-5-7-11(12)16-2/h5-7,9,13,15H,1-4H3. The number of rotatable bonds is 6. The van der Waals surface area contributed by atoms with Gasteiger partial charge in [-0.2, -0.15) is 5.26 Å². The van der Waals surface area contributed by atoms with Crippen molar-refractivity contribution in [3.05, 3.63) is 23.8 Å². The smallest absolute Gasteiger partial charge is 0.176 e. The average molecular weight is 250 g/mol. The van der Waals surface area contributed by atoms with Crippen LogP contribution in [0.2, 0.25) is 0 Å². The number of benzene rings is 1. The van der Waals surface area contributed by atoms with Crippen molar-refractivity contribution < 1.29 is 14.2 Å². The van der Waals surface area contributed by atoms with Gasteiger partial charge in [-0.3, -0.25) is 0 Å². The largest absolute Gasteiger partial charge is 0.495 e. The summed E-state index contributed by atoms with van der Waals surface area (Å²) in [5.74, 6) is 0.617. The fraction of sp³-hybridized carbons (Fsp3) is 0.462. The van der Waals surface area contributed by atoms with Gasteiger partial charge in [-0.15, -0.1) is 0 Å². The molecule has 0 saturated carbocycles. The zero-order valence-corrected chi connectivity index (χ0v) is 11.1. The molecule has 0 aliphatic rings. The lowest BCUT2D eigenvalue weighted by molar-refractivity contribution is -0.109. The summed E-state index contributed by atoms with van der Waals surface area (Å²) in [5, 5.41) is 12.3. The van der Waals surface area contributed by atoms with Crippen LogP contribution in [0.3, 0.4) is 0 Å². The lowest BCUT2D eigenvalue weighted by Crippen LogP contribution is -2.34. The molecule has 0 aromatic heterocycles. The molecule has 0 heterocycles. The lowest BCUT2D eigenvalue weighted by Gasteiger charge is -2.24. The van der Waals surface area contributed by atoms with Crippen LogP contribution in [0.15, 0.2) is 18.2 Å². The molecule has 5 heteroatoms. The Morgan fingerprint density at radius 3 is 2.39 bits per heavy atom. The Labute approximate surface area is 107 Å². The molecule has 1 rings (SSSR count). The molecule has 1 atom stereocenters. The van der Waals surface area contributed by atoms with Gasteiger partial charge in [-0.25, -0.2) is 0 Å². The lowest BCUT2D eigenvalue weighted by atomic mass is 10.1. The summed E-state index contributed by atoms with van der Waals surface area (Å²) < 4.78 is 15.6. The Morgan fingerprint density at radius 1 is 1.22 bits per heavy atom. The molecule has 1 aromatic rings. The molecular weight excluding hydrogens is 232 g/mol. The molecule has 1 unspecified atom stereocenters. The van der Waals surface area contributed by atoms with E-state index in [0.717, 1.165) is 0 Å². The molecule has 1 N–H and O–H groups in total. The predicted octanol–water partition coefficient (Wildman–Crippen LogP) is 1.99. The predicted molar refractivity (Wildman–Crippen MR) is 68.6 cm³/mol. The highest BCUT2D eigenvalue weighted by Gasteiger charge is 2.18. The number of anilines is 1. The van der Waals surface area contributed by atoms with E-state index in [1.54, 1.807) is 39.5 Å². The van der Waals surface area contributed by atoms with Gasteiger partial charge in [0, 0.05) is 14.2 Å². The quantitative estimate of drug-likeness (QED) is 0.782. The topological polar surface area (TPSA) is 63.5 Å². The van der Waals surface area contributed by atoms with Crippen molar-refractivity contribution >= 4 is 5.69 Å². The average Bonchev–Trinajstić information content (AvgIpc) is 2.40. The van der Waals surface area contributed by atoms with Crippen LogP contribution in [0.4, 0.5) is 5.69 Å². The summed E-state index contributed by atoms with van der Waals surface area (Å²) in [6, 6.07) is 7.30. The third kappa shape index (κ3) is 3.13. The molecule has 0 aliphatic heterocycles. The second-order valence-electron chi connectivity index (χ2n) is 3.77. The monoisotopic (exact) mass is 250 g/mol. The van der Waals surface area contributed by atoms with Crippen LogP contribution >= 0.6 is 0 Å². The number of hydrogen-bond donors (Lipinski definition) is 1. The number of nitrogens with one attached hydrogen (secondary N) is 1. The van der Waals surface area contributed by atoms with E-state index in [9.17, 15) is 0 Å². The second kappa shape index (κ2) is 6.84. The van der Waals surface area contributed by atoms with E-state index in [2.05, 4.69) is 11.4 Å². The summed E-state index contributed by atoms with van der Waals surface area (Å²) in [5.41, 5.74) is 1.17. The van der Waals surface area contributed by atoms with E-state index < -0.39 is 6.29 Å². The van der Waals surface area contributed by atoms with Gasteiger partial charge in [0.25, 0.3) is 0 Å². The zero-order valence-electron chi connectivity index (χ0n) is 11.1. The number of methoxy groups -OCH3 is 3. The molecule has 0 amide bonds. The third-order valence-electron chi connectivity index (χ3n) is 2.61. The Balaban J connectivity index is 2.99. The Hall–Kier alpha value is -1.77. The first kappa shape index (κ1) is 14.3. The minimum atomic E-state index is -0.401. The van der Waals surface area contributed by atoms with Crippen molar-refractivity contribution in [3.63, 3.8) is 0 Å². The van der Waals surface area contributed by atoms with Gasteiger partial charge >= 0.3 is 0 Å². The molecule has 0 spiro atoms. The maximum absolute atomic E-state index is 9.10. The van der Waals surface area contributed by atoms with Crippen molar-refractivity contribution in [1.82, 2.24) is 0 Å². The van der Waals surface area contributed by atoms with E-state index in [1.807, 2.05) is 6.92 Å². The summed E-state index contributed by atoms with van der Waals surface area (Å²) >= 11 is 0. The molecule has 0 fully saturated rings. The molecule has 98 valence electrons. The van der Waals surface area contributed by atoms with Crippen LogP contribution in [0.5, 0.6) is 5.75 Å². The summed E-state index contributed by atoms with van der Waals surface area (Å²) in [4.78, 5) is 0. The van der Waals surface area contributed by atoms with Crippen LogP contribution in [-0.4, -0.2) is 33.7 Å². The van der Waals surface area contributed by atoms with Crippen LogP contribution < -0.4 is 10.1 Å². The molecule has 1 aromatic carbocycles. The van der Waals surface area contributed by atoms with Crippen molar-refractivity contribution in [2.75, 3.05) is 26.6 Å². The van der Waals surface area contributed by atoms with Crippen molar-refractivity contribution in [3.8, 4) is 11.8 Å². The van der Waals surface area contributed by atoms with Gasteiger partial charge in [0.2, 0.25) is 0 Å². The minimum absolute atomic E-state index is 0.122. The second-order valence-corrected chi connectivity index (χ2v) is 3.77. The highest BCUT2D eigenvalue weighted by Crippen LogP contribution is 2.29. The Bertz CT molecular complexity index is 425. The van der Waals surface area contributed by atoms with Gasteiger partial charge in [0.15, 0.2) is 6.29 Å². The van der Waals surface area contributed by atoms with Crippen molar-refractivity contribution in [2.45, 2.75) is 19.3 Å². The van der Waals surface area contributed by atoms with Crippen LogP contribution in [-0.2, 0) is 9.47 Å².